The van der Waals surface area contributed by atoms with Gasteiger partial charge >= 0.3 is 0 Å². The van der Waals surface area contributed by atoms with E-state index in [-0.39, 0.29) is 17.7 Å². The number of aromatic nitrogens is 2. The SMILES string of the molecule is Cc1ccc(S[C@@H](C)C(=O)NCc2nc(-c3cccs3)no2)cc1. The molecule has 2 aromatic heterocycles. The van der Waals surface area contributed by atoms with Crippen LogP contribution in [0.4, 0.5) is 0 Å². The standard InChI is InChI=1S/C17H17N3O2S2/c1-11-5-7-13(8-6-11)24-12(2)17(21)18-10-15-19-16(20-22-15)14-4-3-9-23-14/h3-9,12H,10H2,1-2H3,(H,18,21)/t12-/m0/s1. The normalized spacial score (nSPS) is 12.1. The fraction of sp³-hybridized carbons (Fsp3) is 0.235. The van der Waals surface area contributed by atoms with Gasteiger partial charge in [0.1, 0.15) is 0 Å². The molecule has 2 heterocycles. The number of aryl methyl sites for hydroxylation is 1. The van der Waals surface area contributed by atoms with Gasteiger partial charge in [0.15, 0.2) is 0 Å². The summed E-state index contributed by atoms with van der Waals surface area (Å²) in [6.45, 7) is 4.15. The number of thioether (sulfide) groups is 1. The van der Waals surface area contributed by atoms with Gasteiger partial charge in [0.25, 0.3) is 0 Å². The highest BCUT2D eigenvalue weighted by molar-refractivity contribution is 8.00. The van der Waals surface area contributed by atoms with Gasteiger partial charge in [-0.05, 0) is 37.4 Å². The molecule has 24 heavy (non-hydrogen) atoms. The fourth-order valence-corrected chi connectivity index (χ4v) is 3.55. The number of hydrogen-bond donors (Lipinski definition) is 1. The molecular formula is C17H17N3O2S2. The molecule has 1 N–H and O–H groups in total. The van der Waals surface area contributed by atoms with Crippen LogP contribution in [0.2, 0.25) is 0 Å². The zero-order chi connectivity index (χ0) is 16.9. The molecule has 3 aromatic rings. The lowest BCUT2D eigenvalue weighted by Crippen LogP contribution is -2.30. The minimum absolute atomic E-state index is 0.0588. The van der Waals surface area contributed by atoms with Crippen LogP contribution in [0.1, 0.15) is 18.4 Å². The van der Waals surface area contributed by atoms with Gasteiger partial charge in [0, 0.05) is 4.90 Å². The Balaban J connectivity index is 1.52. The summed E-state index contributed by atoms with van der Waals surface area (Å²) < 4.78 is 5.17. The van der Waals surface area contributed by atoms with Crippen LogP contribution in [0.3, 0.4) is 0 Å². The van der Waals surface area contributed by atoms with E-state index in [0.29, 0.717) is 11.7 Å². The molecule has 5 nitrogen and oxygen atoms in total. The average Bonchev–Trinajstić information content (AvgIpc) is 3.25. The molecule has 1 amide bonds. The largest absolute Gasteiger partial charge is 0.346 e. The van der Waals surface area contributed by atoms with Gasteiger partial charge in [-0.2, -0.15) is 4.98 Å². The zero-order valence-corrected chi connectivity index (χ0v) is 15.0. The number of hydrogen-bond acceptors (Lipinski definition) is 6. The van der Waals surface area contributed by atoms with Crippen molar-refractivity contribution in [2.45, 2.75) is 30.5 Å². The van der Waals surface area contributed by atoms with E-state index >= 15 is 0 Å². The lowest BCUT2D eigenvalue weighted by Gasteiger charge is -2.10. The Hall–Kier alpha value is -2.12. The van der Waals surface area contributed by atoms with Crippen molar-refractivity contribution in [1.29, 1.82) is 0 Å². The summed E-state index contributed by atoms with van der Waals surface area (Å²) in [6, 6.07) is 12.0. The third-order valence-corrected chi connectivity index (χ3v) is 5.30. The number of benzene rings is 1. The van der Waals surface area contributed by atoms with Gasteiger partial charge in [0.05, 0.1) is 16.7 Å². The molecule has 1 atom stereocenters. The summed E-state index contributed by atoms with van der Waals surface area (Å²) >= 11 is 3.07. The molecule has 0 spiro atoms. The maximum absolute atomic E-state index is 12.2. The highest BCUT2D eigenvalue weighted by Crippen LogP contribution is 2.24. The topological polar surface area (TPSA) is 68.0 Å². The van der Waals surface area contributed by atoms with E-state index in [1.54, 1.807) is 11.3 Å². The predicted octanol–water partition coefficient (Wildman–Crippen LogP) is 3.90. The van der Waals surface area contributed by atoms with Gasteiger partial charge in [-0.25, -0.2) is 0 Å². The molecule has 0 aliphatic rings. The molecule has 1 aromatic carbocycles. The van der Waals surface area contributed by atoms with E-state index in [1.807, 2.05) is 55.6 Å². The molecular weight excluding hydrogens is 342 g/mol. The summed E-state index contributed by atoms with van der Waals surface area (Å²) in [6.07, 6.45) is 0. The number of nitrogens with zero attached hydrogens (tertiary/aromatic N) is 2. The van der Waals surface area contributed by atoms with Crippen molar-refractivity contribution in [2.75, 3.05) is 0 Å². The van der Waals surface area contributed by atoms with Gasteiger partial charge in [0.2, 0.25) is 17.6 Å². The highest BCUT2D eigenvalue weighted by atomic mass is 32.2. The maximum atomic E-state index is 12.2. The van der Waals surface area contributed by atoms with E-state index in [1.165, 1.54) is 17.3 Å². The van der Waals surface area contributed by atoms with Crippen molar-refractivity contribution >= 4 is 29.0 Å². The third kappa shape index (κ3) is 4.24. The quantitative estimate of drug-likeness (QED) is 0.676. The van der Waals surface area contributed by atoms with Crippen molar-refractivity contribution in [2.24, 2.45) is 0 Å². The zero-order valence-electron chi connectivity index (χ0n) is 13.4. The summed E-state index contributed by atoms with van der Waals surface area (Å²) in [7, 11) is 0. The van der Waals surface area contributed by atoms with Crippen molar-refractivity contribution in [3.05, 3.63) is 53.2 Å². The first kappa shape index (κ1) is 16.7. The average molecular weight is 359 g/mol. The lowest BCUT2D eigenvalue weighted by molar-refractivity contribution is -0.120. The molecule has 3 rings (SSSR count). The van der Waals surface area contributed by atoms with E-state index in [0.717, 1.165) is 9.77 Å². The molecule has 0 aliphatic heterocycles. The Morgan fingerprint density at radius 2 is 2.12 bits per heavy atom. The Morgan fingerprint density at radius 1 is 1.33 bits per heavy atom. The fourth-order valence-electron chi connectivity index (χ4n) is 2.01. The molecule has 0 saturated carbocycles. The molecule has 124 valence electrons. The molecule has 0 fully saturated rings. The van der Waals surface area contributed by atoms with Crippen molar-refractivity contribution in [3.8, 4) is 10.7 Å². The predicted molar refractivity (Wildman–Crippen MR) is 96.0 cm³/mol. The van der Waals surface area contributed by atoms with E-state index in [2.05, 4.69) is 15.5 Å². The second-order valence-corrected chi connectivity index (χ2v) is 7.64. The maximum Gasteiger partial charge on any atom is 0.246 e. The monoisotopic (exact) mass is 359 g/mol. The van der Waals surface area contributed by atoms with Crippen molar-refractivity contribution < 1.29 is 9.32 Å². The van der Waals surface area contributed by atoms with Crippen LogP contribution in [0, 0.1) is 6.92 Å². The molecule has 7 heteroatoms. The van der Waals surface area contributed by atoms with E-state index in [9.17, 15) is 4.79 Å². The summed E-state index contributed by atoms with van der Waals surface area (Å²) in [5, 5.41) is 8.52. The van der Waals surface area contributed by atoms with Crippen LogP contribution in [0.5, 0.6) is 0 Å². The van der Waals surface area contributed by atoms with Crippen LogP contribution < -0.4 is 5.32 Å². The van der Waals surface area contributed by atoms with Crippen molar-refractivity contribution in [3.63, 3.8) is 0 Å². The highest BCUT2D eigenvalue weighted by Gasteiger charge is 2.16. The second-order valence-electron chi connectivity index (χ2n) is 5.28. The minimum atomic E-state index is -0.201. The van der Waals surface area contributed by atoms with Crippen molar-refractivity contribution in [1.82, 2.24) is 15.5 Å². The first-order valence-corrected chi connectivity index (χ1v) is 9.25. The number of amides is 1. The number of thiophene rings is 1. The number of carbonyl (C=O) groups is 1. The van der Waals surface area contributed by atoms with E-state index < -0.39 is 0 Å². The first-order chi connectivity index (χ1) is 11.6. The smallest absolute Gasteiger partial charge is 0.246 e. The van der Waals surface area contributed by atoms with Crippen LogP contribution in [0.25, 0.3) is 10.7 Å². The summed E-state index contributed by atoms with van der Waals surface area (Å²) in [4.78, 5) is 18.5. The second kappa shape index (κ2) is 7.63. The molecule has 0 radical (unpaired) electrons. The molecule has 0 bridgehead atoms. The summed E-state index contributed by atoms with van der Waals surface area (Å²) in [5.74, 6) is 0.895. The number of carbonyl (C=O) groups excluding carboxylic acids is 1. The van der Waals surface area contributed by atoms with Gasteiger partial charge in [-0.1, -0.05) is 28.9 Å². The number of rotatable bonds is 6. The summed E-state index contributed by atoms with van der Waals surface area (Å²) in [5.41, 5.74) is 1.20. The minimum Gasteiger partial charge on any atom is -0.346 e. The van der Waals surface area contributed by atoms with Gasteiger partial charge in [-0.15, -0.1) is 23.1 Å². The van der Waals surface area contributed by atoms with Gasteiger partial charge < -0.3 is 9.84 Å². The van der Waals surface area contributed by atoms with Crippen LogP contribution in [0.15, 0.2) is 51.2 Å². The van der Waals surface area contributed by atoms with Crippen LogP contribution >= 0.6 is 23.1 Å². The molecule has 0 aliphatic carbocycles. The third-order valence-electron chi connectivity index (χ3n) is 3.33. The lowest BCUT2D eigenvalue weighted by atomic mass is 10.2. The van der Waals surface area contributed by atoms with Crippen LogP contribution in [-0.2, 0) is 11.3 Å². The number of nitrogens with one attached hydrogen (secondary N) is 1. The van der Waals surface area contributed by atoms with Gasteiger partial charge in [-0.3, -0.25) is 4.79 Å². The molecule has 0 saturated heterocycles. The van der Waals surface area contributed by atoms with Crippen LogP contribution in [-0.4, -0.2) is 21.3 Å². The Morgan fingerprint density at radius 3 is 2.83 bits per heavy atom. The Labute approximate surface area is 148 Å². The Bertz CT molecular complexity index is 798. The van der Waals surface area contributed by atoms with E-state index in [4.69, 9.17) is 4.52 Å². The molecule has 0 unspecified atom stereocenters. The Kier molecular flexibility index (Phi) is 5.32. The first-order valence-electron chi connectivity index (χ1n) is 7.49.